The Kier molecular flexibility index (Phi) is 4.90. The van der Waals surface area contributed by atoms with Crippen molar-refractivity contribution in [2.75, 3.05) is 0 Å². The highest BCUT2D eigenvalue weighted by atomic mass is 14.7. The molecule has 0 saturated carbocycles. The molecule has 1 aromatic rings. The van der Waals surface area contributed by atoms with Gasteiger partial charge in [-0.1, -0.05) is 27.0 Å². The van der Waals surface area contributed by atoms with Crippen LogP contribution < -0.4 is 0 Å². The number of hydrogen-bond acceptors (Lipinski definition) is 0. The van der Waals surface area contributed by atoms with Crippen LogP contribution in [0.2, 0.25) is 0 Å². The average molecular weight is 177 g/mol. The highest BCUT2D eigenvalue weighted by Crippen LogP contribution is 2.15. The maximum absolute atomic E-state index is 3.84. The first kappa shape index (κ1) is 11.8. The molecule has 1 heterocycles. The van der Waals surface area contributed by atoms with Crippen molar-refractivity contribution < 1.29 is 0 Å². The molecule has 72 valence electrons. The summed E-state index contributed by atoms with van der Waals surface area (Å²) in [6, 6.07) is 4.04. The summed E-state index contributed by atoms with van der Waals surface area (Å²) in [4.78, 5) is 3.21. The molecule has 1 rings (SSSR count). The van der Waals surface area contributed by atoms with Gasteiger partial charge in [-0.2, -0.15) is 0 Å². The molecule has 0 amide bonds. The van der Waals surface area contributed by atoms with Gasteiger partial charge < -0.3 is 4.98 Å². The summed E-state index contributed by atoms with van der Waals surface area (Å²) in [5, 5.41) is 0. The summed E-state index contributed by atoms with van der Waals surface area (Å²) in [5.74, 6) is 0. The number of aromatic amines is 1. The van der Waals surface area contributed by atoms with Gasteiger partial charge in [-0.15, -0.1) is 0 Å². The molecular formula is C12H19N. The predicted molar refractivity (Wildman–Crippen MR) is 61.6 cm³/mol. The predicted octanol–water partition coefficient (Wildman–Crippen LogP) is 4.11. The molecular weight excluding hydrogens is 158 g/mol. The first-order chi connectivity index (χ1) is 6.11. The van der Waals surface area contributed by atoms with Crippen molar-refractivity contribution in [1.29, 1.82) is 0 Å². The Bertz CT molecular complexity index is 263. The molecule has 0 fully saturated rings. The van der Waals surface area contributed by atoms with E-state index in [2.05, 4.69) is 18.1 Å². The van der Waals surface area contributed by atoms with Crippen LogP contribution in [0.3, 0.4) is 0 Å². The van der Waals surface area contributed by atoms with E-state index in [4.69, 9.17) is 0 Å². The first-order valence-corrected chi connectivity index (χ1v) is 4.62. The fourth-order valence-electron chi connectivity index (χ4n) is 0.893. The summed E-state index contributed by atoms with van der Waals surface area (Å²) in [7, 11) is 0. The van der Waals surface area contributed by atoms with Crippen molar-refractivity contribution in [3.63, 3.8) is 0 Å². The van der Waals surface area contributed by atoms with Crippen LogP contribution in [0.5, 0.6) is 0 Å². The summed E-state index contributed by atoms with van der Waals surface area (Å²) >= 11 is 0. The second kappa shape index (κ2) is 5.41. The fraction of sp³-hybridized carbons (Fsp3) is 0.333. The smallest absolute Gasteiger partial charge is 0.0408 e. The maximum atomic E-state index is 3.84. The Labute approximate surface area is 81.2 Å². The molecule has 0 bridgehead atoms. The fourth-order valence-corrected chi connectivity index (χ4v) is 0.893. The molecule has 1 heteroatoms. The van der Waals surface area contributed by atoms with E-state index in [9.17, 15) is 0 Å². The highest BCUT2D eigenvalue weighted by molar-refractivity contribution is 5.64. The molecule has 1 N–H and O–H groups in total. The molecule has 0 aliphatic heterocycles. The van der Waals surface area contributed by atoms with Gasteiger partial charge in [0.15, 0.2) is 0 Å². The van der Waals surface area contributed by atoms with E-state index in [-0.39, 0.29) is 0 Å². The lowest BCUT2D eigenvalue weighted by atomic mass is 10.2. The first-order valence-electron chi connectivity index (χ1n) is 4.62. The zero-order valence-corrected chi connectivity index (χ0v) is 9.07. The van der Waals surface area contributed by atoms with Gasteiger partial charge in [0.1, 0.15) is 0 Å². The quantitative estimate of drug-likeness (QED) is 0.699. The Morgan fingerprint density at radius 1 is 1.00 bits per heavy atom. The number of nitrogens with one attached hydrogen (secondary N) is 1. The molecule has 1 nitrogen and oxygen atoms in total. The van der Waals surface area contributed by atoms with Gasteiger partial charge in [-0.3, -0.25) is 0 Å². The summed E-state index contributed by atoms with van der Waals surface area (Å²) in [5.41, 5.74) is 4.28. The van der Waals surface area contributed by atoms with E-state index in [0.717, 1.165) is 22.5 Å². The van der Waals surface area contributed by atoms with E-state index in [1.165, 1.54) is 0 Å². The van der Waals surface area contributed by atoms with E-state index in [1.54, 1.807) is 0 Å². The van der Waals surface area contributed by atoms with Gasteiger partial charge >= 0.3 is 0 Å². The Balaban J connectivity index is 0.000000671. The van der Waals surface area contributed by atoms with Crippen LogP contribution in [0.1, 0.15) is 39.1 Å². The van der Waals surface area contributed by atoms with Gasteiger partial charge in [0.05, 0.1) is 0 Å². The Hall–Kier alpha value is -1.24. The Morgan fingerprint density at radius 2 is 1.31 bits per heavy atom. The van der Waals surface area contributed by atoms with Crippen molar-refractivity contribution in [3.05, 3.63) is 36.7 Å². The van der Waals surface area contributed by atoms with E-state index >= 15 is 0 Å². The molecule has 0 aliphatic rings. The van der Waals surface area contributed by atoms with Gasteiger partial charge in [0.25, 0.3) is 0 Å². The van der Waals surface area contributed by atoms with E-state index in [1.807, 2.05) is 39.8 Å². The molecule has 0 saturated heterocycles. The largest absolute Gasteiger partial charge is 0.355 e. The lowest BCUT2D eigenvalue weighted by Crippen LogP contribution is -1.79. The molecule has 13 heavy (non-hydrogen) atoms. The van der Waals surface area contributed by atoms with Crippen LogP contribution in [0, 0.1) is 0 Å². The number of rotatable bonds is 2. The van der Waals surface area contributed by atoms with E-state index in [0.29, 0.717) is 0 Å². The number of aromatic nitrogens is 1. The van der Waals surface area contributed by atoms with Crippen molar-refractivity contribution in [2.24, 2.45) is 0 Å². The monoisotopic (exact) mass is 177 g/mol. The minimum atomic E-state index is 1.05. The number of allylic oxidation sites excluding steroid dienone is 2. The van der Waals surface area contributed by atoms with Crippen LogP contribution in [-0.4, -0.2) is 4.98 Å². The van der Waals surface area contributed by atoms with Crippen molar-refractivity contribution in [2.45, 2.75) is 27.7 Å². The normalized spacial score (nSPS) is 8.62. The zero-order valence-electron chi connectivity index (χ0n) is 9.07. The van der Waals surface area contributed by atoms with Crippen molar-refractivity contribution >= 4 is 11.1 Å². The molecule has 0 radical (unpaired) electrons. The molecule has 0 unspecified atom stereocenters. The Morgan fingerprint density at radius 3 is 1.46 bits per heavy atom. The third-order valence-corrected chi connectivity index (χ3v) is 1.61. The lowest BCUT2D eigenvalue weighted by molar-refractivity contribution is 1.30. The second-order valence-corrected chi connectivity index (χ2v) is 2.85. The van der Waals surface area contributed by atoms with Crippen LogP contribution >= 0.6 is 0 Å². The summed E-state index contributed by atoms with van der Waals surface area (Å²) < 4.78 is 0. The number of hydrogen-bond donors (Lipinski definition) is 1. The highest BCUT2D eigenvalue weighted by Gasteiger charge is 1.97. The lowest BCUT2D eigenvalue weighted by Gasteiger charge is -1.94. The maximum Gasteiger partial charge on any atom is 0.0408 e. The number of H-pyrrole nitrogens is 1. The molecule has 0 spiro atoms. The van der Waals surface area contributed by atoms with Crippen LogP contribution in [0.25, 0.3) is 11.1 Å². The van der Waals surface area contributed by atoms with Gasteiger partial charge in [0.2, 0.25) is 0 Å². The topological polar surface area (TPSA) is 15.8 Å². The van der Waals surface area contributed by atoms with Crippen molar-refractivity contribution in [3.8, 4) is 0 Å². The minimum Gasteiger partial charge on any atom is -0.355 e. The van der Waals surface area contributed by atoms with Crippen LogP contribution in [0.15, 0.2) is 25.3 Å². The summed E-state index contributed by atoms with van der Waals surface area (Å²) in [6.45, 7) is 15.6. The summed E-state index contributed by atoms with van der Waals surface area (Å²) in [6.07, 6.45) is 0. The van der Waals surface area contributed by atoms with E-state index < -0.39 is 0 Å². The molecule has 0 aliphatic carbocycles. The van der Waals surface area contributed by atoms with Crippen molar-refractivity contribution in [1.82, 2.24) is 4.98 Å². The second-order valence-electron chi connectivity index (χ2n) is 2.85. The van der Waals surface area contributed by atoms with Gasteiger partial charge in [-0.05, 0) is 37.1 Å². The van der Waals surface area contributed by atoms with Crippen LogP contribution in [-0.2, 0) is 0 Å². The van der Waals surface area contributed by atoms with Crippen LogP contribution in [0.4, 0.5) is 0 Å². The van der Waals surface area contributed by atoms with Gasteiger partial charge in [-0.25, -0.2) is 0 Å². The third-order valence-electron chi connectivity index (χ3n) is 1.61. The average Bonchev–Trinajstić information content (AvgIpc) is 2.56. The zero-order chi connectivity index (χ0) is 10.4. The third kappa shape index (κ3) is 3.32. The molecule has 0 atom stereocenters. The molecule has 1 aromatic heterocycles. The molecule has 0 aromatic carbocycles. The SMILES string of the molecule is C=C(C)c1ccc(C(=C)C)[nH]1.CC. The standard InChI is InChI=1S/C10H13N.C2H6/c1-7(2)9-5-6-10(11-9)8(3)4;1-2/h5-6,11H,1,3H2,2,4H3;1-2H3. The minimum absolute atomic E-state index is 1.05. The van der Waals surface area contributed by atoms with Gasteiger partial charge in [0, 0.05) is 11.4 Å².